The molecule has 14 nitrogen and oxygen atoms in total. The Morgan fingerprint density at radius 1 is 0.727 bits per heavy atom. The Morgan fingerprint density at radius 3 is 1.51 bits per heavy atom. The summed E-state index contributed by atoms with van der Waals surface area (Å²) in [5, 5.41) is 29.1. The Bertz CT molecular complexity index is 1460. The number of carbonyl (C=O) groups excluding carboxylic acids is 3. The predicted octanol–water partition coefficient (Wildman–Crippen LogP) is 3.99. The van der Waals surface area contributed by atoms with Crippen LogP contribution in [0.5, 0.6) is 11.5 Å². The summed E-state index contributed by atoms with van der Waals surface area (Å²) in [6, 6.07) is 10.0. The molecule has 3 amide bonds. The van der Waals surface area contributed by atoms with E-state index in [0.717, 1.165) is 0 Å². The fraction of sp³-hybridized carbons (Fsp3) is 0.615. The minimum atomic E-state index is -1.09. The molecule has 2 unspecified atom stereocenters. The lowest BCUT2D eigenvalue weighted by Gasteiger charge is -2.29. The van der Waals surface area contributed by atoms with Crippen molar-refractivity contribution in [3.8, 4) is 11.5 Å². The van der Waals surface area contributed by atoms with E-state index in [1.807, 2.05) is 0 Å². The lowest BCUT2D eigenvalue weighted by atomic mass is 10.0. The van der Waals surface area contributed by atoms with Crippen molar-refractivity contribution >= 4 is 17.9 Å². The number of carbonyl (C=O) groups is 3. The summed E-state index contributed by atoms with van der Waals surface area (Å²) < 4.78 is 52.8. The highest BCUT2D eigenvalue weighted by Crippen LogP contribution is 2.17. The average molecular weight is 785 g/mol. The van der Waals surface area contributed by atoms with Gasteiger partial charge in [0.15, 0.2) is 0 Å². The first-order valence-electron chi connectivity index (χ1n) is 18.2. The second-order valence-corrected chi connectivity index (χ2v) is 14.8. The number of ether oxygens (including phenoxy) is 5. The van der Waals surface area contributed by atoms with Crippen LogP contribution >= 0.6 is 0 Å². The van der Waals surface area contributed by atoms with Crippen molar-refractivity contribution in [2.75, 3.05) is 40.5 Å². The molecule has 0 aliphatic rings. The van der Waals surface area contributed by atoms with E-state index >= 15 is 0 Å². The van der Waals surface area contributed by atoms with E-state index in [2.05, 4.69) is 16.0 Å². The third kappa shape index (κ3) is 19.9. The lowest BCUT2D eigenvalue weighted by Crippen LogP contribution is -2.53. The van der Waals surface area contributed by atoms with E-state index in [-0.39, 0.29) is 24.9 Å². The zero-order valence-electron chi connectivity index (χ0n) is 33.6. The molecule has 0 spiro atoms. The van der Waals surface area contributed by atoms with Crippen LogP contribution in [0.2, 0.25) is 0 Å². The molecule has 0 fully saturated rings. The number of methoxy groups -OCH3 is 2. The molecule has 0 aliphatic heterocycles. The average Bonchev–Trinajstić information content (AvgIpc) is 3.11. The summed E-state index contributed by atoms with van der Waals surface area (Å²) >= 11 is 0. The monoisotopic (exact) mass is 784 g/mol. The quantitative estimate of drug-likeness (QED) is 0.100. The Morgan fingerprint density at radius 2 is 1.15 bits per heavy atom. The van der Waals surface area contributed by atoms with Gasteiger partial charge in [0.05, 0.1) is 12.1 Å². The largest absolute Gasteiger partial charge is 0.491 e. The molecular formula is C39H62F2N4O10. The molecule has 0 radical (unpaired) electrons. The van der Waals surface area contributed by atoms with Gasteiger partial charge in [-0.2, -0.15) is 0 Å². The number of aliphatic hydroxyl groups excluding tert-OH is 2. The van der Waals surface area contributed by atoms with Crippen molar-refractivity contribution in [2.24, 2.45) is 5.73 Å². The van der Waals surface area contributed by atoms with Gasteiger partial charge in [-0.05, 0) is 105 Å². The van der Waals surface area contributed by atoms with Crippen molar-refractivity contribution < 1.29 is 57.1 Å². The molecule has 0 aromatic heterocycles. The molecule has 16 heteroatoms. The maximum absolute atomic E-state index is 13.3. The van der Waals surface area contributed by atoms with E-state index in [0.29, 0.717) is 44.5 Å². The number of benzene rings is 2. The Balaban J connectivity index is 0.000000568. The Hall–Kier alpha value is -4.09. The highest BCUT2D eigenvalue weighted by atomic mass is 19.1. The van der Waals surface area contributed by atoms with Crippen molar-refractivity contribution in [1.82, 2.24) is 16.0 Å². The zero-order valence-corrected chi connectivity index (χ0v) is 33.6. The summed E-state index contributed by atoms with van der Waals surface area (Å²) in [5.41, 5.74) is 2.81. The number of aliphatic hydroxyl groups is 2. The second kappa shape index (κ2) is 23.7. The maximum atomic E-state index is 13.3. The molecule has 55 heavy (non-hydrogen) atoms. The standard InChI is InChI=1S/C22H35FN2O6.C17H27FN2O4/c1-21(2,3)31-20(28)24-12-8-11-17(25-19(27)22(4,5)29-6)18(26)14-30-16-10-7-9-15(23)13-16;1-17(2,23-3)16(22)20-14(8-5-9-19)15(21)11-24-13-7-4-6-12(18)10-13/h7,9-10,13,17-18,26H,8,11-12,14H2,1-6H3,(H,24,28)(H,25,27);4,6-7,10,14-15,21H,5,8-9,11,19H2,1-3H3,(H,20,22)/t17-,18?;14-,15?/m00/s1. The summed E-state index contributed by atoms with van der Waals surface area (Å²) in [7, 11) is 2.86. The first-order valence-corrected chi connectivity index (χ1v) is 18.2. The summed E-state index contributed by atoms with van der Waals surface area (Å²) in [6.07, 6.45) is -0.615. The highest BCUT2D eigenvalue weighted by Gasteiger charge is 2.32. The molecule has 0 saturated carbocycles. The van der Waals surface area contributed by atoms with Gasteiger partial charge < -0.3 is 55.6 Å². The SMILES string of the molecule is COC(C)(C)C(=O)N[C@@H](CCCN)C(O)COc1cccc(F)c1.COC(C)(C)C(=O)N[C@@H](CCCNC(=O)OC(C)(C)C)C(O)COc1cccc(F)c1. The Labute approximate surface area is 323 Å². The maximum Gasteiger partial charge on any atom is 0.407 e. The number of hydrogen-bond acceptors (Lipinski definition) is 11. The smallest absolute Gasteiger partial charge is 0.407 e. The van der Waals surface area contributed by atoms with Crippen LogP contribution in [0.25, 0.3) is 0 Å². The minimum Gasteiger partial charge on any atom is -0.491 e. The van der Waals surface area contributed by atoms with E-state index in [1.165, 1.54) is 50.6 Å². The first kappa shape index (κ1) is 48.9. The van der Waals surface area contributed by atoms with Gasteiger partial charge in [0.2, 0.25) is 0 Å². The number of alkyl carbamates (subject to hydrolysis) is 1. The van der Waals surface area contributed by atoms with E-state index < -0.39 is 64.7 Å². The molecular weight excluding hydrogens is 722 g/mol. The van der Waals surface area contributed by atoms with Gasteiger partial charge in [0.1, 0.15) is 65.4 Å². The third-order valence-electron chi connectivity index (χ3n) is 8.19. The fourth-order valence-corrected chi connectivity index (χ4v) is 4.46. The first-order chi connectivity index (χ1) is 25.6. The molecule has 0 aliphatic carbocycles. The molecule has 0 heterocycles. The summed E-state index contributed by atoms with van der Waals surface area (Å²) in [4.78, 5) is 36.5. The normalized spacial score (nSPS) is 13.9. The van der Waals surface area contributed by atoms with Crippen LogP contribution in [-0.4, -0.2) is 110 Å². The number of nitrogens with one attached hydrogen (secondary N) is 3. The molecule has 4 atom stereocenters. The van der Waals surface area contributed by atoms with Gasteiger partial charge in [0.25, 0.3) is 11.8 Å². The van der Waals surface area contributed by atoms with Gasteiger partial charge >= 0.3 is 6.09 Å². The molecule has 2 rings (SSSR count). The van der Waals surface area contributed by atoms with Crippen molar-refractivity contribution in [2.45, 2.75) is 115 Å². The summed E-state index contributed by atoms with van der Waals surface area (Å²) in [5.74, 6) is -1.02. The van der Waals surface area contributed by atoms with E-state index in [1.54, 1.807) is 60.6 Å². The number of nitrogens with two attached hydrogens (primary N) is 1. The van der Waals surface area contributed by atoms with E-state index in [4.69, 9.17) is 29.4 Å². The minimum absolute atomic E-state index is 0.0770. The fourth-order valence-electron chi connectivity index (χ4n) is 4.46. The molecule has 0 bridgehead atoms. The number of amides is 3. The molecule has 312 valence electrons. The van der Waals surface area contributed by atoms with Crippen LogP contribution < -0.4 is 31.2 Å². The van der Waals surface area contributed by atoms with Crippen LogP contribution in [0, 0.1) is 11.6 Å². The van der Waals surface area contributed by atoms with Gasteiger partial charge in [-0.25, -0.2) is 13.6 Å². The van der Waals surface area contributed by atoms with Crippen LogP contribution in [0.3, 0.4) is 0 Å². The van der Waals surface area contributed by atoms with Gasteiger partial charge in [-0.1, -0.05) is 12.1 Å². The molecule has 7 N–H and O–H groups in total. The van der Waals surface area contributed by atoms with Crippen LogP contribution in [0.4, 0.5) is 13.6 Å². The number of hydrogen-bond donors (Lipinski definition) is 6. The van der Waals surface area contributed by atoms with Crippen molar-refractivity contribution in [3.05, 3.63) is 60.2 Å². The van der Waals surface area contributed by atoms with Crippen molar-refractivity contribution in [3.63, 3.8) is 0 Å². The van der Waals surface area contributed by atoms with Gasteiger partial charge in [-0.15, -0.1) is 0 Å². The highest BCUT2D eigenvalue weighted by molar-refractivity contribution is 5.85. The molecule has 2 aromatic rings. The second-order valence-electron chi connectivity index (χ2n) is 14.8. The zero-order chi connectivity index (χ0) is 41.8. The molecule has 0 saturated heterocycles. The lowest BCUT2D eigenvalue weighted by molar-refractivity contribution is -0.141. The van der Waals surface area contributed by atoms with Crippen LogP contribution in [-0.2, 0) is 23.8 Å². The van der Waals surface area contributed by atoms with Crippen molar-refractivity contribution in [1.29, 1.82) is 0 Å². The van der Waals surface area contributed by atoms with Crippen LogP contribution in [0.1, 0.15) is 74.1 Å². The third-order valence-corrected chi connectivity index (χ3v) is 8.19. The number of rotatable bonds is 21. The summed E-state index contributed by atoms with van der Waals surface area (Å²) in [6.45, 7) is 12.3. The van der Waals surface area contributed by atoms with Crippen LogP contribution in [0.15, 0.2) is 48.5 Å². The number of halogens is 2. The Kier molecular flexibility index (Phi) is 21.1. The topological polar surface area (TPSA) is 200 Å². The van der Waals surface area contributed by atoms with E-state index in [9.17, 15) is 33.4 Å². The molecule has 2 aromatic carbocycles. The van der Waals surface area contributed by atoms with Gasteiger partial charge in [0, 0.05) is 32.9 Å². The predicted molar refractivity (Wildman–Crippen MR) is 204 cm³/mol. The van der Waals surface area contributed by atoms with Gasteiger partial charge in [-0.3, -0.25) is 9.59 Å².